The molecule has 162 valence electrons. The Morgan fingerprint density at radius 1 is 1.07 bits per heavy atom. The molecule has 0 aromatic heterocycles. The molecule has 0 aromatic carbocycles. The fourth-order valence-corrected chi connectivity index (χ4v) is 8.32. The molecule has 9 atom stereocenters. The molecule has 4 aliphatic carbocycles. The molecule has 4 nitrogen and oxygen atoms in total. The highest BCUT2D eigenvalue weighted by Crippen LogP contribution is 2.67. The number of rotatable bonds is 3. The molecule has 0 spiro atoms. The summed E-state index contributed by atoms with van der Waals surface area (Å²) in [4.78, 5) is 11.5. The largest absolute Gasteiger partial charge is 0.446 e. The van der Waals surface area contributed by atoms with E-state index in [0.717, 1.165) is 30.6 Å². The number of carbonyl (C=O) groups is 1. The molecule has 4 rings (SSSR count). The zero-order valence-electron chi connectivity index (χ0n) is 18.6. The lowest BCUT2D eigenvalue weighted by atomic mass is 9.44. The third-order valence-electron chi connectivity index (χ3n) is 9.88. The quantitative estimate of drug-likeness (QED) is 0.564. The van der Waals surface area contributed by atoms with Gasteiger partial charge in [-0.25, -0.2) is 0 Å². The number of fused-ring (bicyclic) bond motifs is 5. The molecule has 0 radical (unpaired) electrons. The molecule has 4 fully saturated rings. The molecule has 4 saturated carbocycles. The van der Waals surface area contributed by atoms with Gasteiger partial charge < -0.3 is 14.6 Å². The average Bonchev–Trinajstić information content (AvgIpc) is 3.03. The highest BCUT2D eigenvalue weighted by atomic mass is 16.6. The minimum absolute atomic E-state index is 0.247. The predicted molar refractivity (Wildman–Crippen MR) is 112 cm³/mol. The van der Waals surface area contributed by atoms with Crippen LogP contribution < -0.4 is 0 Å². The minimum Gasteiger partial charge on any atom is -0.446 e. The second-order valence-electron chi connectivity index (χ2n) is 11.0. The van der Waals surface area contributed by atoms with Crippen molar-refractivity contribution < 1.29 is 19.4 Å². The third-order valence-corrected chi connectivity index (χ3v) is 9.88. The first-order valence-corrected chi connectivity index (χ1v) is 11.6. The van der Waals surface area contributed by atoms with Crippen molar-refractivity contribution in [3.05, 3.63) is 0 Å². The topological polar surface area (TPSA) is 55.8 Å². The predicted octanol–water partition coefficient (Wildman–Crippen LogP) is 4.34. The number of carbonyl (C=O) groups excluding carboxylic acids is 1. The molecule has 4 heteroatoms. The zero-order valence-corrected chi connectivity index (χ0v) is 18.6. The summed E-state index contributed by atoms with van der Waals surface area (Å²) in [5.41, 5.74) is -0.509. The van der Waals surface area contributed by atoms with Crippen LogP contribution >= 0.6 is 0 Å². The molecule has 0 aromatic rings. The summed E-state index contributed by atoms with van der Waals surface area (Å²) in [7, 11) is 1.88. The summed E-state index contributed by atoms with van der Waals surface area (Å²) in [6.45, 7) is 6.30. The lowest BCUT2D eigenvalue weighted by Gasteiger charge is -2.62. The number of methoxy groups -OCH3 is 1. The number of ether oxygens (including phenoxy) is 2. The lowest BCUT2D eigenvalue weighted by molar-refractivity contribution is -0.186. The number of esters is 1. The highest BCUT2D eigenvalue weighted by Gasteiger charge is 2.62. The third kappa shape index (κ3) is 3.15. The smallest absolute Gasteiger partial charge is 0.303 e. The molecular weight excluding hydrogens is 364 g/mol. The lowest BCUT2D eigenvalue weighted by Crippen LogP contribution is -2.58. The second kappa shape index (κ2) is 7.27. The summed E-state index contributed by atoms with van der Waals surface area (Å²) in [5, 5.41) is 11.4. The Kier molecular flexibility index (Phi) is 5.32. The first-order valence-electron chi connectivity index (χ1n) is 11.6. The van der Waals surface area contributed by atoms with Crippen molar-refractivity contribution in [1.29, 1.82) is 0 Å². The maximum absolute atomic E-state index is 11.5. The Bertz CT molecular complexity index is 697. The molecule has 4 aliphatic rings. The van der Waals surface area contributed by atoms with Crippen LogP contribution in [-0.4, -0.2) is 36.0 Å². The van der Waals surface area contributed by atoms with Crippen LogP contribution in [-0.2, 0) is 14.3 Å². The number of hydrogen-bond donors (Lipinski definition) is 1. The number of hydrogen-bond acceptors (Lipinski definition) is 4. The Labute approximate surface area is 176 Å². The van der Waals surface area contributed by atoms with E-state index in [1.165, 1.54) is 39.0 Å². The molecule has 0 saturated heterocycles. The zero-order chi connectivity index (χ0) is 21.0. The van der Waals surface area contributed by atoms with Gasteiger partial charge in [0.25, 0.3) is 0 Å². The van der Waals surface area contributed by atoms with Crippen molar-refractivity contribution in [2.75, 3.05) is 7.11 Å². The van der Waals surface area contributed by atoms with Gasteiger partial charge in [0.1, 0.15) is 5.60 Å². The van der Waals surface area contributed by atoms with Crippen molar-refractivity contribution in [2.24, 2.45) is 34.5 Å². The molecule has 0 amide bonds. The van der Waals surface area contributed by atoms with E-state index in [2.05, 4.69) is 19.8 Å². The second-order valence-corrected chi connectivity index (χ2v) is 11.0. The van der Waals surface area contributed by atoms with Crippen LogP contribution in [0.3, 0.4) is 0 Å². The van der Waals surface area contributed by atoms with Crippen LogP contribution in [0.4, 0.5) is 0 Å². The fourth-order valence-electron chi connectivity index (χ4n) is 8.32. The standard InChI is InChI=1S/C25H38O4/c1-6-21(29-16(2)26)25(27)14-13-23(3)17(15-25)7-8-18-19-9-10-22(28-5)24(19,4)12-11-20(18)23/h1,17-22,27H,7-15H2,2-5H3/t17-,18+,19+,20+,21?,22+,23+,24+,25-/m1/s1. The summed E-state index contributed by atoms with van der Waals surface area (Å²) in [6, 6.07) is 0. The monoisotopic (exact) mass is 402 g/mol. The Balaban J connectivity index is 1.54. The Hall–Kier alpha value is -1.05. The van der Waals surface area contributed by atoms with Crippen LogP contribution in [0.5, 0.6) is 0 Å². The molecule has 0 heterocycles. The van der Waals surface area contributed by atoms with Crippen LogP contribution in [0.2, 0.25) is 0 Å². The van der Waals surface area contributed by atoms with E-state index >= 15 is 0 Å². The number of terminal acetylenes is 1. The van der Waals surface area contributed by atoms with Crippen molar-refractivity contribution in [1.82, 2.24) is 0 Å². The van der Waals surface area contributed by atoms with E-state index < -0.39 is 17.7 Å². The first-order chi connectivity index (χ1) is 13.7. The van der Waals surface area contributed by atoms with E-state index in [4.69, 9.17) is 15.9 Å². The fraction of sp³-hybridized carbons (Fsp3) is 0.880. The van der Waals surface area contributed by atoms with Gasteiger partial charge in [-0.3, -0.25) is 4.79 Å². The van der Waals surface area contributed by atoms with Gasteiger partial charge in [-0.05, 0) is 92.3 Å². The summed E-state index contributed by atoms with van der Waals surface area (Å²) >= 11 is 0. The van der Waals surface area contributed by atoms with Crippen molar-refractivity contribution in [3.8, 4) is 12.3 Å². The maximum Gasteiger partial charge on any atom is 0.303 e. The van der Waals surface area contributed by atoms with Gasteiger partial charge >= 0.3 is 5.97 Å². The van der Waals surface area contributed by atoms with Crippen molar-refractivity contribution >= 4 is 5.97 Å². The molecule has 1 unspecified atom stereocenters. The van der Waals surface area contributed by atoms with Gasteiger partial charge in [0.05, 0.1) is 6.10 Å². The van der Waals surface area contributed by atoms with Crippen molar-refractivity contribution in [2.45, 2.75) is 96.4 Å². The van der Waals surface area contributed by atoms with E-state index in [0.29, 0.717) is 30.3 Å². The summed E-state index contributed by atoms with van der Waals surface area (Å²) < 4.78 is 11.2. The van der Waals surface area contributed by atoms with E-state index in [1.807, 2.05) is 7.11 Å². The van der Waals surface area contributed by atoms with Crippen molar-refractivity contribution in [3.63, 3.8) is 0 Å². The maximum atomic E-state index is 11.5. The SMILES string of the molecule is C#CC(OC(C)=O)[C@@]1(O)CC[C@@]2(C)[C@H](CC[C@@H]3[C@@H]2CC[C@]2(C)[C@@H](OC)CC[C@@H]32)C1. The highest BCUT2D eigenvalue weighted by molar-refractivity contribution is 5.66. The number of aliphatic hydroxyl groups is 1. The van der Waals surface area contributed by atoms with E-state index in [1.54, 1.807) is 0 Å². The molecule has 0 bridgehead atoms. The van der Waals surface area contributed by atoms with Crippen LogP contribution in [0, 0.1) is 46.8 Å². The normalized spacial score (nSPS) is 49.9. The molecular formula is C25H38O4. The molecule has 29 heavy (non-hydrogen) atoms. The Morgan fingerprint density at radius 2 is 1.79 bits per heavy atom. The van der Waals surface area contributed by atoms with Gasteiger partial charge in [-0.2, -0.15) is 0 Å². The molecule has 1 N–H and O–H groups in total. The van der Waals surface area contributed by atoms with E-state index in [-0.39, 0.29) is 5.41 Å². The van der Waals surface area contributed by atoms with Gasteiger partial charge in [0, 0.05) is 14.0 Å². The Morgan fingerprint density at radius 3 is 2.45 bits per heavy atom. The van der Waals surface area contributed by atoms with Crippen LogP contribution in [0.15, 0.2) is 0 Å². The van der Waals surface area contributed by atoms with Gasteiger partial charge in [0.2, 0.25) is 0 Å². The van der Waals surface area contributed by atoms with Crippen LogP contribution in [0.1, 0.15) is 78.6 Å². The van der Waals surface area contributed by atoms with E-state index in [9.17, 15) is 9.90 Å². The van der Waals surface area contributed by atoms with Gasteiger partial charge in [0.15, 0.2) is 6.10 Å². The summed E-state index contributed by atoms with van der Waals surface area (Å²) in [5.74, 6) is 4.84. The van der Waals surface area contributed by atoms with Gasteiger partial charge in [-0.1, -0.05) is 19.8 Å². The summed E-state index contributed by atoms with van der Waals surface area (Å²) in [6.07, 6.45) is 14.9. The van der Waals surface area contributed by atoms with Gasteiger partial charge in [-0.15, -0.1) is 6.42 Å². The average molecular weight is 403 g/mol. The minimum atomic E-state index is -1.09. The molecule has 0 aliphatic heterocycles. The first kappa shape index (κ1) is 21.2. The van der Waals surface area contributed by atoms with Crippen LogP contribution in [0.25, 0.3) is 0 Å².